The third kappa shape index (κ3) is 4.04. The van der Waals surface area contributed by atoms with Gasteiger partial charge in [-0.15, -0.1) is 0 Å². The van der Waals surface area contributed by atoms with E-state index in [0.717, 1.165) is 6.20 Å². The van der Waals surface area contributed by atoms with Crippen LogP contribution in [0.25, 0.3) is 0 Å². The number of aliphatic hydroxyl groups is 1. The standard InChI is InChI=1S/C19H18F6N4O2/c20-18(21,22)12-7-27-13(8-26-12)29-3-1-9(2-4-29)16-14-10(6-28-16)5-11(30)17(31)15(14)19(23,24)25/h7-9,15,17,31H,1-6H2/t15-,17+/m1/s1. The Labute approximate surface area is 172 Å². The van der Waals surface area contributed by atoms with E-state index in [2.05, 4.69) is 15.0 Å². The number of Topliss-reactive ketones (excluding diaryl/α,β-unsaturated/α-hetero) is 1. The van der Waals surface area contributed by atoms with Crippen LogP contribution in [-0.4, -0.2) is 58.5 Å². The van der Waals surface area contributed by atoms with Gasteiger partial charge in [0.05, 0.1) is 18.9 Å². The third-order valence-corrected chi connectivity index (χ3v) is 5.93. The molecule has 3 heterocycles. The predicted octanol–water partition coefficient (Wildman–Crippen LogP) is 2.98. The number of ketones is 1. The predicted molar refractivity (Wildman–Crippen MR) is 96.5 cm³/mol. The monoisotopic (exact) mass is 448 g/mol. The molecule has 1 saturated heterocycles. The maximum atomic E-state index is 13.6. The molecule has 31 heavy (non-hydrogen) atoms. The van der Waals surface area contributed by atoms with Gasteiger partial charge in [0.25, 0.3) is 0 Å². The van der Waals surface area contributed by atoms with Gasteiger partial charge >= 0.3 is 12.4 Å². The van der Waals surface area contributed by atoms with Gasteiger partial charge in [-0.25, -0.2) is 9.97 Å². The summed E-state index contributed by atoms with van der Waals surface area (Å²) in [5.41, 5.74) is -0.576. The Morgan fingerprint density at radius 3 is 2.26 bits per heavy atom. The number of carbonyl (C=O) groups is 1. The van der Waals surface area contributed by atoms with E-state index in [4.69, 9.17) is 0 Å². The van der Waals surface area contributed by atoms with Crippen LogP contribution < -0.4 is 4.90 Å². The highest BCUT2D eigenvalue weighted by Gasteiger charge is 2.54. The smallest absolute Gasteiger partial charge is 0.384 e. The van der Waals surface area contributed by atoms with Crippen LogP contribution >= 0.6 is 0 Å². The van der Waals surface area contributed by atoms with Crippen LogP contribution in [0, 0.1) is 11.8 Å². The van der Waals surface area contributed by atoms with Crippen LogP contribution in [0.15, 0.2) is 28.5 Å². The lowest BCUT2D eigenvalue weighted by Gasteiger charge is -2.36. The zero-order valence-corrected chi connectivity index (χ0v) is 16.0. The molecular weight excluding hydrogens is 430 g/mol. The molecule has 6 nitrogen and oxygen atoms in total. The zero-order chi connectivity index (χ0) is 22.6. The number of hydrogen-bond donors (Lipinski definition) is 1. The molecule has 1 aromatic rings. The average molecular weight is 448 g/mol. The first-order valence-corrected chi connectivity index (χ1v) is 9.65. The summed E-state index contributed by atoms with van der Waals surface area (Å²) in [4.78, 5) is 25.0. The molecule has 0 spiro atoms. The minimum Gasteiger partial charge on any atom is -0.384 e. The quantitative estimate of drug-likeness (QED) is 0.704. The molecule has 0 saturated carbocycles. The molecule has 0 aromatic carbocycles. The van der Waals surface area contributed by atoms with Crippen molar-refractivity contribution in [3.8, 4) is 0 Å². The van der Waals surface area contributed by atoms with E-state index in [9.17, 15) is 36.2 Å². The first kappa shape index (κ1) is 21.7. The third-order valence-electron chi connectivity index (χ3n) is 5.93. The number of nitrogens with zero attached hydrogens (tertiary/aromatic N) is 4. The fourth-order valence-electron chi connectivity index (χ4n) is 4.43. The Morgan fingerprint density at radius 1 is 1.03 bits per heavy atom. The highest BCUT2D eigenvalue weighted by Crippen LogP contribution is 2.45. The lowest BCUT2D eigenvalue weighted by atomic mass is 9.74. The van der Waals surface area contributed by atoms with Crippen LogP contribution in [0.4, 0.5) is 32.2 Å². The van der Waals surface area contributed by atoms with Crippen molar-refractivity contribution in [1.29, 1.82) is 0 Å². The van der Waals surface area contributed by atoms with Crippen LogP contribution in [0.5, 0.6) is 0 Å². The van der Waals surface area contributed by atoms with Crippen LogP contribution in [0.2, 0.25) is 0 Å². The lowest BCUT2D eigenvalue weighted by Crippen LogP contribution is -2.46. The van der Waals surface area contributed by atoms with Gasteiger partial charge in [-0.1, -0.05) is 0 Å². The molecule has 0 bridgehead atoms. The van der Waals surface area contributed by atoms with Crippen LogP contribution in [0.1, 0.15) is 25.0 Å². The maximum absolute atomic E-state index is 13.6. The van der Waals surface area contributed by atoms with E-state index < -0.39 is 35.9 Å². The Kier molecular flexibility index (Phi) is 5.31. The number of aromatic nitrogens is 2. The number of alkyl halides is 6. The minimum absolute atomic E-state index is 0.0142. The van der Waals surface area contributed by atoms with Crippen molar-refractivity contribution in [3.05, 3.63) is 29.2 Å². The molecule has 12 heteroatoms. The average Bonchev–Trinajstić information content (AvgIpc) is 3.10. The van der Waals surface area contributed by atoms with Crippen LogP contribution in [-0.2, 0) is 11.0 Å². The van der Waals surface area contributed by atoms with Crippen LogP contribution in [0.3, 0.4) is 0 Å². The fourth-order valence-corrected chi connectivity index (χ4v) is 4.43. The van der Waals surface area contributed by atoms with Gasteiger partial charge in [0, 0.05) is 31.1 Å². The van der Waals surface area contributed by atoms with E-state index in [1.807, 2.05) is 0 Å². The summed E-state index contributed by atoms with van der Waals surface area (Å²) in [7, 11) is 0. The molecule has 1 fully saturated rings. The van der Waals surface area contributed by atoms with Crippen molar-refractivity contribution < 1.29 is 36.2 Å². The molecule has 2 atom stereocenters. The van der Waals surface area contributed by atoms with Crippen molar-refractivity contribution in [2.24, 2.45) is 16.8 Å². The second kappa shape index (κ2) is 7.57. The van der Waals surface area contributed by atoms with Gasteiger partial charge in [0.15, 0.2) is 11.5 Å². The molecule has 1 aliphatic carbocycles. The molecule has 0 radical (unpaired) electrons. The summed E-state index contributed by atoms with van der Waals surface area (Å²) in [6.45, 7) is 0.718. The molecular formula is C19H18F6N4O2. The Bertz CT molecular complexity index is 930. The molecule has 1 aromatic heterocycles. The highest BCUT2D eigenvalue weighted by atomic mass is 19.4. The Balaban J connectivity index is 1.48. The van der Waals surface area contributed by atoms with E-state index >= 15 is 0 Å². The Morgan fingerprint density at radius 2 is 1.71 bits per heavy atom. The fraction of sp³-hybridized carbons (Fsp3) is 0.579. The van der Waals surface area contributed by atoms with Crippen molar-refractivity contribution in [2.45, 2.75) is 37.7 Å². The normalized spacial score (nSPS) is 25.7. The van der Waals surface area contributed by atoms with Crippen molar-refractivity contribution in [3.63, 3.8) is 0 Å². The minimum atomic E-state index is -4.78. The zero-order valence-electron chi connectivity index (χ0n) is 16.0. The summed E-state index contributed by atoms with van der Waals surface area (Å²) in [6.07, 6.45) is -9.25. The van der Waals surface area contributed by atoms with E-state index in [1.165, 1.54) is 0 Å². The lowest BCUT2D eigenvalue weighted by molar-refractivity contribution is -0.190. The molecule has 0 amide bonds. The number of rotatable bonds is 2. The largest absolute Gasteiger partial charge is 0.434 e. The van der Waals surface area contributed by atoms with E-state index in [0.29, 0.717) is 37.7 Å². The number of piperidine rings is 1. The summed E-state index contributed by atoms with van der Waals surface area (Å²) < 4.78 is 78.8. The van der Waals surface area contributed by atoms with Gasteiger partial charge in [0.1, 0.15) is 17.8 Å². The number of aliphatic hydroxyl groups excluding tert-OH is 1. The Hall–Kier alpha value is -2.50. The topological polar surface area (TPSA) is 78.7 Å². The van der Waals surface area contributed by atoms with E-state index in [-0.39, 0.29) is 36.0 Å². The van der Waals surface area contributed by atoms with Crippen molar-refractivity contribution in [2.75, 3.05) is 24.5 Å². The van der Waals surface area contributed by atoms with Gasteiger partial charge < -0.3 is 10.0 Å². The molecule has 168 valence electrons. The SMILES string of the molecule is O=C1CC2=C(C(C3CCN(c4cnc(C(F)(F)F)cn4)CC3)=NC2)[C@@H](C(F)(F)F)[C@H]1O. The van der Waals surface area contributed by atoms with Gasteiger partial charge in [0.2, 0.25) is 0 Å². The summed E-state index contributed by atoms with van der Waals surface area (Å²) in [5.74, 6) is -3.18. The number of carbonyl (C=O) groups excluding carboxylic acids is 1. The molecule has 1 N–H and O–H groups in total. The summed E-state index contributed by atoms with van der Waals surface area (Å²) in [6, 6.07) is 0. The number of aliphatic imine (C=N–C) groups is 1. The van der Waals surface area contributed by atoms with Gasteiger partial charge in [-0.3, -0.25) is 9.79 Å². The molecule has 0 unspecified atom stereocenters. The van der Waals surface area contributed by atoms with Gasteiger partial charge in [-0.05, 0) is 24.0 Å². The van der Waals surface area contributed by atoms with Crippen molar-refractivity contribution >= 4 is 17.3 Å². The first-order valence-electron chi connectivity index (χ1n) is 9.65. The second-order valence-electron chi connectivity index (χ2n) is 7.84. The molecule has 4 rings (SSSR count). The number of anilines is 1. The summed E-state index contributed by atoms with van der Waals surface area (Å²) >= 11 is 0. The number of halogens is 6. The van der Waals surface area contributed by atoms with E-state index in [1.54, 1.807) is 4.90 Å². The molecule has 3 aliphatic rings. The first-order chi connectivity index (χ1) is 14.5. The molecule has 2 aliphatic heterocycles. The second-order valence-corrected chi connectivity index (χ2v) is 7.84. The highest BCUT2D eigenvalue weighted by molar-refractivity contribution is 6.08. The summed E-state index contributed by atoms with van der Waals surface area (Å²) in [5, 5.41) is 9.94. The van der Waals surface area contributed by atoms with Crippen molar-refractivity contribution in [1.82, 2.24) is 9.97 Å². The maximum Gasteiger partial charge on any atom is 0.434 e. The number of hydrogen-bond acceptors (Lipinski definition) is 6. The van der Waals surface area contributed by atoms with Gasteiger partial charge in [-0.2, -0.15) is 26.3 Å².